The average Bonchev–Trinajstić information content (AvgIpc) is 2.93. The number of para-hydroxylation sites is 2. The zero-order chi connectivity index (χ0) is 14.8. The molecule has 1 N–H and O–H groups in total. The highest BCUT2D eigenvalue weighted by atomic mass is 32.2. The maximum atomic E-state index is 5.34. The van der Waals surface area contributed by atoms with Crippen molar-refractivity contribution in [1.82, 2.24) is 15.0 Å². The van der Waals surface area contributed by atoms with Crippen molar-refractivity contribution in [3.05, 3.63) is 47.8 Å². The molecular weight excluding hydrogens is 282 g/mol. The molecule has 3 rings (SSSR count). The van der Waals surface area contributed by atoms with Gasteiger partial charge in [-0.2, -0.15) is 0 Å². The Labute approximate surface area is 126 Å². The van der Waals surface area contributed by atoms with Crippen LogP contribution in [0.2, 0.25) is 0 Å². The predicted octanol–water partition coefficient (Wildman–Crippen LogP) is 3.53. The fourth-order valence-corrected chi connectivity index (χ4v) is 3.46. The predicted molar refractivity (Wildman–Crippen MR) is 88.3 cm³/mol. The van der Waals surface area contributed by atoms with Crippen LogP contribution in [0.15, 0.2) is 41.7 Å². The Morgan fingerprint density at radius 2 is 2.10 bits per heavy atom. The Hall–Kier alpha value is -2.14. The van der Waals surface area contributed by atoms with E-state index in [-0.39, 0.29) is 10.5 Å². The lowest BCUT2D eigenvalue weighted by molar-refractivity contribution is 0.410. The average molecular weight is 299 g/mol. The molecule has 2 aromatic heterocycles. The molecule has 0 aliphatic carbocycles. The number of aromatic amines is 1. The molecular formula is C16H17N3OS. The summed E-state index contributed by atoms with van der Waals surface area (Å²) in [6, 6.07) is 9.89. The number of rotatable bonds is 4. The van der Waals surface area contributed by atoms with Gasteiger partial charge in [-0.05, 0) is 25.1 Å². The summed E-state index contributed by atoms with van der Waals surface area (Å²) in [5.41, 5.74) is 4.10. The molecule has 0 aliphatic heterocycles. The van der Waals surface area contributed by atoms with Gasteiger partial charge >= 0.3 is 0 Å². The van der Waals surface area contributed by atoms with E-state index in [9.17, 15) is 0 Å². The molecule has 108 valence electrons. The molecule has 21 heavy (non-hydrogen) atoms. The number of methoxy groups -OCH3 is 1. The van der Waals surface area contributed by atoms with Crippen molar-refractivity contribution in [3.8, 4) is 5.75 Å². The number of pyridine rings is 1. The van der Waals surface area contributed by atoms with E-state index in [0.29, 0.717) is 0 Å². The Bertz CT molecular complexity index is 777. The molecule has 0 fully saturated rings. The number of ether oxygens (including phenoxy) is 1. The van der Waals surface area contributed by atoms with Crippen LogP contribution in [0.1, 0.15) is 11.3 Å². The van der Waals surface area contributed by atoms with E-state index in [1.54, 1.807) is 13.3 Å². The summed E-state index contributed by atoms with van der Waals surface area (Å²) >= 11 is 0. The molecule has 1 aromatic carbocycles. The zero-order valence-corrected chi connectivity index (χ0v) is 12.9. The van der Waals surface area contributed by atoms with Gasteiger partial charge in [-0.15, -0.1) is 10.5 Å². The maximum absolute atomic E-state index is 5.34. The molecule has 0 saturated heterocycles. The van der Waals surface area contributed by atoms with E-state index >= 15 is 0 Å². The van der Waals surface area contributed by atoms with Gasteiger partial charge in [-0.3, -0.25) is 4.98 Å². The van der Waals surface area contributed by atoms with Gasteiger partial charge in [0.05, 0.1) is 23.8 Å². The van der Waals surface area contributed by atoms with Crippen molar-refractivity contribution in [2.45, 2.75) is 17.8 Å². The Morgan fingerprint density at radius 1 is 1.29 bits per heavy atom. The molecule has 0 aliphatic rings. The first kappa shape index (κ1) is 13.8. The number of nitrogens with one attached hydrogen (secondary N) is 1. The van der Waals surface area contributed by atoms with Crippen LogP contribution in [0.3, 0.4) is 0 Å². The van der Waals surface area contributed by atoms with Crippen LogP contribution >= 0.6 is 10.5 Å². The van der Waals surface area contributed by atoms with Crippen molar-refractivity contribution in [1.29, 1.82) is 0 Å². The highest BCUT2D eigenvalue weighted by Gasteiger charge is 2.10. The second-order valence-corrected chi connectivity index (χ2v) is 6.44. The number of aromatic nitrogens is 3. The van der Waals surface area contributed by atoms with Gasteiger partial charge in [0.25, 0.3) is 0 Å². The van der Waals surface area contributed by atoms with Crippen LogP contribution in [-0.2, 0) is 5.75 Å². The lowest BCUT2D eigenvalue weighted by Crippen LogP contribution is -1.97. The lowest BCUT2D eigenvalue weighted by atomic mass is 10.2. The summed E-state index contributed by atoms with van der Waals surface area (Å²) in [5, 5.41) is 0.917. The van der Waals surface area contributed by atoms with Crippen LogP contribution in [0.4, 0.5) is 0 Å². The highest BCUT2D eigenvalue weighted by Crippen LogP contribution is 2.30. The second-order valence-electron chi connectivity index (χ2n) is 4.78. The van der Waals surface area contributed by atoms with Crippen LogP contribution in [0, 0.1) is 6.92 Å². The Kier molecular flexibility index (Phi) is 3.75. The highest BCUT2D eigenvalue weighted by molar-refractivity contribution is 8.13. The summed E-state index contributed by atoms with van der Waals surface area (Å²) in [5.74, 6) is 5.86. The topological polar surface area (TPSA) is 50.8 Å². The van der Waals surface area contributed by atoms with Gasteiger partial charge < -0.3 is 9.72 Å². The third-order valence-electron chi connectivity index (χ3n) is 3.43. The minimum atomic E-state index is -0.272. The van der Waals surface area contributed by atoms with E-state index < -0.39 is 0 Å². The van der Waals surface area contributed by atoms with E-state index in [0.717, 1.165) is 38.9 Å². The lowest BCUT2D eigenvalue weighted by Gasteiger charge is -2.10. The summed E-state index contributed by atoms with van der Waals surface area (Å²) in [7, 11) is 1.40. The summed E-state index contributed by atoms with van der Waals surface area (Å²) in [6.45, 7) is 2.02. The third kappa shape index (κ3) is 2.69. The van der Waals surface area contributed by atoms with E-state index in [4.69, 9.17) is 4.74 Å². The zero-order valence-electron chi connectivity index (χ0n) is 12.1. The van der Waals surface area contributed by atoms with Crippen molar-refractivity contribution in [2.75, 3.05) is 7.11 Å². The SMILES string of the molecule is C=S(Cc1nccc(OC)c1C)c1nc2ccccc2[nH]1. The number of benzene rings is 1. The van der Waals surface area contributed by atoms with Crippen molar-refractivity contribution >= 4 is 27.4 Å². The first-order valence-corrected chi connectivity index (χ1v) is 8.19. The summed E-state index contributed by atoms with van der Waals surface area (Å²) in [4.78, 5) is 12.4. The molecule has 0 spiro atoms. The van der Waals surface area contributed by atoms with Crippen LogP contribution in [-0.4, -0.2) is 27.9 Å². The van der Waals surface area contributed by atoms with Crippen molar-refractivity contribution in [3.63, 3.8) is 0 Å². The minimum Gasteiger partial charge on any atom is -0.496 e. The van der Waals surface area contributed by atoms with Gasteiger partial charge in [-0.1, -0.05) is 18.0 Å². The quantitative estimate of drug-likeness (QED) is 0.750. The molecule has 1 unspecified atom stereocenters. The van der Waals surface area contributed by atoms with E-state index in [1.165, 1.54) is 0 Å². The van der Waals surface area contributed by atoms with Crippen LogP contribution in [0.5, 0.6) is 5.75 Å². The summed E-state index contributed by atoms with van der Waals surface area (Å²) < 4.78 is 5.34. The molecule has 0 bridgehead atoms. The van der Waals surface area contributed by atoms with Gasteiger partial charge in [-0.25, -0.2) is 4.98 Å². The summed E-state index contributed by atoms with van der Waals surface area (Å²) in [6.07, 6.45) is 1.77. The van der Waals surface area contributed by atoms with Gasteiger partial charge in [0.1, 0.15) is 5.75 Å². The third-order valence-corrected chi connectivity index (χ3v) is 4.79. The Balaban J connectivity index is 1.89. The number of hydrogen-bond acceptors (Lipinski definition) is 3. The van der Waals surface area contributed by atoms with Crippen LogP contribution < -0.4 is 4.74 Å². The Morgan fingerprint density at radius 3 is 2.86 bits per heavy atom. The number of imidazole rings is 1. The maximum Gasteiger partial charge on any atom is 0.160 e. The molecule has 1 atom stereocenters. The number of nitrogens with zero attached hydrogens (tertiary/aromatic N) is 2. The van der Waals surface area contributed by atoms with Crippen molar-refractivity contribution < 1.29 is 4.74 Å². The van der Waals surface area contributed by atoms with Crippen LogP contribution in [0.25, 0.3) is 11.0 Å². The van der Waals surface area contributed by atoms with Gasteiger partial charge in [0.15, 0.2) is 5.16 Å². The molecule has 5 heteroatoms. The molecule has 2 heterocycles. The second kappa shape index (κ2) is 5.69. The van der Waals surface area contributed by atoms with E-state index in [2.05, 4.69) is 20.8 Å². The largest absolute Gasteiger partial charge is 0.496 e. The van der Waals surface area contributed by atoms with Gasteiger partial charge in [0, 0.05) is 17.5 Å². The number of fused-ring (bicyclic) bond motifs is 1. The molecule has 0 saturated carbocycles. The number of H-pyrrole nitrogens is 1. The monoisotopic (exact) mass is 299 g/mol. The first-order valence-electron chi connectivity index (χ1n) is 6.63. The fraction of sp³-hybridized carbons (Fsp3) is 0.188. The first-order chi connectivity index (χ1) is 10.2. The normalized spacial score (nSPS) is 12.5. The molecule has 0 amide bonds. The van der Waals surface area contributed by atoms with Crippen molar-refractivity contribution in [2.24, 2.45) is 0 Å². The minimum absolute atomic E-state index is 0.272. The number of hydrogen-bond donors (Lipinski definition) is 1. The van der Waals surface area contributed by atoms with Gasteiger partial charge in [0.2, 0.25) is 0 Å². The molecule has 3 aromatic rings. The molecule has 0 radical (unpaired) electrons. The standard InChI is InChI=1S/C16H17N3OS/c1-11-14(17-9-8-15(11)20-2)10-21(3)16-18-12-6-4-5-7-13(12)19-16/h4-9H,3,10H2,1-2H3,(H,18,19). The fourth-order valence-electron chi connectivity index (χ4n) is 2.23. The molecule has 4 nitrogen and oxygen atoms in total. The smallest absolute Gasteiger partial charge is 0.160 e. The van der Waals surface area contributed by atoms with E-state index in [1.807, 2.05) is 37.3 Å².